The summed E-state index contributed by atoms with van der Waals surface area (Å²) in [6, 6.07) is 5.22. The van der Waals surface area contributed by atoms with Crippen molar-refractivity contribution in [2.75, 3.05) is 20.2 Å². The Kier molecular flexibility index (Phi) is 6.44. The molecule has 1 N–H and O–H groups in total. The van der Waals surface area contributed by atoms with E-state index in [4.69, 9.17) is 4.74 Å². The molecule has 0 atom stereocenters. The lowest BCUT2D eigenvalue weighted by Crippen LogP contribution is -2.15. The van der Waals surface area contributed by atoms with Crippen LogP contribution in [0, 0.1) is 5.82 Å². The Morgan fingerprint density at radius 2 is 2.17 bits per heavy atom. The minimum absolute atomic E-state index is 0.282. The lowest BCUT2D eigenvalue weighted by Gasteiger charge is -2.08. The van der Waals surface area contributed by atoms with Gasteiger partial charge < -0.3 is 10.1 Å². The minimum Gasteiger partial charge on any atom is -0.494 e. The zero-order chi connectivity index (χ0) is 13.4. The Labute approximate surface area is 109 Å². The molecule has 0 aliphatic carbocycles. The molecule has 0 bridgehead atoms. The molecule has 0 fully saturated rings. The molecule has 1 aromatic carbocycles. The molecule has 0 saturated carbocycles. The second-order valence-corrected chi connectivity index (χ2v) is 4.25. The zero-order valence-corrected chi connectivity index (χ0v) is 11.4. The summed E-state index contributed by atoms with van der Waals surface area (Å²) in [4.78, 5) is 0. The Balaban J connectivity index is 2.65. The van der Waals surface area contributed by atoms with Crippen LogP contribution in [-0.4, -0.2) is 20.2 Å². The standard InChI is InChI=1S/C15H22FNO/c1-4-10-17-11-6-7-12(2)13-8-5-9-14(18-3)15(13)16/h5,7-9,17H,4,6,10-11H2,1-3H3/b12-7-. The fourth-order valence-electron chi connectivity index (χ4n) is 1.78. The third-order valence-corrected chi connectivity index (χ3v) is 2.81. The third kappa shape index (κ3) is 4.15. The summed E-state index contributed by atoms with van der Waals surface area (Å²) < 4.78 is 19.0. The van der Waals surface area contributed by atoms with Gasteiger partial charge in [0.25, 0.3) is 0 Å². The highest BCUT2D eigenvalue weighted by Crippen LogP contribution is 2.25. The molecule has 1 aromatic rings. The van der Waals surface area contributed by atoms with Crippen molar-refractivity contribution in [2.45, 2.75) is 26.7 Å². The molecule has 2 nitrogen and oxygen atoms in total. The average Bonchev–Trinajstić information content (AvgIpc) is 2.38. The predicted octanol–water partition coefficient (Wildman–Crippen LogP) is 3.63. The van der Waals surface area contributed by atoms with E-state index < -0.39 is 0 Å². The average molecular weight is 251 g/mol. The van der Waals surface area contributed by atoms with Crippen LogP contribution in [0.1, 0.15) is 32.3 Å². The summed E-state index contributed by atoms with van der Waals surface area (Å²) >= 11 is 0. The van der Waals surface area contributed by atoms with Gasteiger partial charge in [0.05, 0.1) is 7.11 Å². The maximum Gasteiger partial charge on any atom is 0.172 e. The number of hydrogen-bond donors (Lipinski definition) is 1. The van der Waals surface area contributed by atoms with E-state index in [9.17, 15) is 4.39 Å². The van der Waals surface area contributed by atoms with E-state index in [1.54, 1.807) is 12.1 Å². The summed E-state index contributed by atoms with van der Waals surface area (Å²) in [7, 11) is 1.48. The Hall–Kier alpha value is -1.35. The normalized spacial score (nSPS) is 11.7. The number of halogens is 1. The maximum atomic E-state index is 14.0. The van der Waals surface area contributed by atoms with Crippen molar-refractivity contribution < 1.29 is 9.13 Å². The van der Waals surface area contributed by atoms with Gasteiger partial charge in [-0.2, -0.15) is 0 Å². The molecule has 0 spiro atoms. The number of methoxy groups -OCH3 is 1. The van der Waals surface area contributed by atoms with Crippen molar-refractivity contribution in [2.24, 2.45) is 0 Å². The first kappa shape index (κ1) is 14.7. The van der Waals surface area contributed by atoms with Gasteiger partial charge in [0.1, 0.15) is 0 Å². The number of allylic oxidation sites excluding steroid dienone is 1. The molecule has 0 saturated heterocycles. The zero-order valence-electron chi connectivity index (χ0n) is 11.4. The summed E-state index contributed by atoms with van der Waals surface area (Å²) in [5, 5.41) is 3.32. The van der Waals surface area contributed by atoms with E-state index in [1.807, 2.05) is 13.0 Å². The highest BCUT2D eigenvalue weighted by atomic mass is 19.1. The summed E-state index contributed by atoms with van der Waals surface area (Å²) in [5.74, 6) is 0.0135. The van der Waals surface area contributed by atoms with Crippen LogP contribution < -0.4 is 10.1 Å². The van der Waals surface area contributed by atoms with Crippen molar-refractivity contribution in [3.8, 4) is 5.75 Å². The van der Waals surface area contributed by atoms with Gasteiger partial charge in [0, 0.05) is 5.56 Å². The molecule has 1 rings (SSSR count). The molecule has 0 heterocycles. The van der Waals surface area contributed by atoms with Gasteiger partial charge >= 0.3 is 0 Å². The quantitative estimate of drug-likeness (QED) is 0.747. The van der Waals surface area contributed by atoms with Crippen molar-refractivity contribution in [1.29, 1.82) is 0 Å². The second kappa shape index (κ2) is 7.88. The molecule has 3 heteroatoms. The van der Waals surface area contributed by atoms with Crippen LogP contribution >= 0.6 is 0 Å². The number of benzene rings is 1. The Bertz CT molecular complexity index is 401. The van der Waals surface area contributed by atoms with Gasteiger partial charge in [-0.25, -0.2) is 4.39 Å². The minimum atomic E-state index is -0.282. The van der Waals surface area contributed by atoms with E-state index in [0.717, 1.165) is 31.5 Å². The molecule has 0 aliphatic heterocycles. The highest BCUT2D eigenvalue weighted by molar-refractivity contribution is 5.65. The van der Waals surface area contributed by atoms with Crippen molar-refractivity contribution >= 4 is 5.57 Å². The molecule has 0 aliphatic rings. The van der Waals surface area contributed by atoms with Crippen LogP contribution in [0.2, 0.25) is 0 Å². The number of rotatable bonds is 7. The molecule has 0 radical (unpaired) electrons. The van der Waals surface area contributed by atoms with Gasteiger partial charge in [-0.05, 0) is 44.5 Å². The van der Waals surface area contributed by atoms with E-state index in [-0.39, 0.29) is 5.82 Å². The topological polar surface area (TPSA) is 21.3 Å². The largest absolute Gasteiger partial charge is 0.494 e. The molecule has 0 amide bonds. The summed E-state index contributed by atoms with van der Waals surface area (Å²) in [5.41, 5.74) is 1.56. The fraction of sp³-hybridized carbons (Fsp3) is 0.467. The van der Waals surface area contributed by atoms with Gasteiger partial charge in [-0.1, -0.05) is 25.1 Å². The third-order valence-electron chi connectivity index (χ3n) is 2.81. The summed E-state index contributed by atoms with van der Waals surface area (Å²) in [6.45, 7) is 6.02. The van der Waals surface area contributed by atoms with E-state index in [1.165, 1.54) is 7.11 Å². The van der Waals surface area contributed by atoms with Crippen molar-refractivity contribution in [1.82, 2.24) is 5.32 Å². The van der Waals surface area contributed by atoms with Gasteiger partial charge in [-0.15, -0.1) is 0 Å². The Morgan fingerprint density at radius 3 is 2.83 bits per heavy atom. The van der Waals surface area contributed by atoms with E-state index in [0.29, 0.717) is 11.3 Å². The number of ether oxygens (including phenoxy) is 1. The van der Waals surface area contributed by atoms with Crippen LogP contribution in [0.3, 0.4) is 0 Å². The SMILES string of the molecule is CCCNCC/C=C(/C)c1cccc(OC)c1F. The first-order valence-corrected chi connectivity index (χ1v) is 6.41. The van der Waals surface area contributed by atoms with Crippen LogP contribution in [0.15, 0.2) is 24.3 Å². The first-order valence-electron chi connectivity index (χ1n) is 6.41. The lowest BCUT2D eigenvalue weighted by molar-refractivity contribution is 0.386. The fourth-order valence-corrected chi connectivity index (χ4v) is 1.78. The van der Waals surface area contributed by atoms with Crippen LogP contribution in [-0.2, 0) is 0 Å². The second-order valence-electron chi connectivity index (χ2n) is 4.25. The monoisotopic (exact) mass is 251 g/mol. The molecule has 0 aromatic heterocycles. The van der Waals surface area contributed by atoms with Crippen LogP contribution in [0.4, 0.5) is 4.39 Å². The van der Waals surface area contributed by atoms with Gasteiger partial charge in [0.15, 0.2) is 11.6 Å². The smallest absolute Gasteiger partial charge is 0.172 e. The van der Waals surface area contributed by atoms with Crippen molar-refractivity contribution in [3.05, 3.63) is 35.7 Å². The predicted molar refractivity (Wildman–Crippen MR) is 74.4 cm³/mol. The van der Waals surface area contributed by atoms with E-state index in [2.05, 4.69) is 18.3 Å². The first-order chi connectivity index (χ1) is 8.70. The van der Waals surface area contributed by atoms with E-state index >= 15 is 0 Å². The molecule has 0 unspecified atom stereocenters. The number of hydrogen-bond acceptors (Lipinski definition) is 2. The van der Waals surface area contributed by atoms with Gasteiger partial charge in [0.2, 0.25) is 0 Å². The maximum absolute atomic E-state index is 14.0. The molecule has 100 valence electrons. The molecular formula is C15H22FNO. The van der Waals surface area contributed by atoms with Gasteiger partial charge in [-0.3, -0.25) is 0 Å². The molecule has 18 heavy (non-hydrogen) atoms. The summed E-state index contributed by atoms with van der Waals surface area (Å²) in [6.07, 6.45) is 4.09. The molecular weight excluding hydrogens is 229 g/mol. The lowest BCUT2D eigenvalue weighted by atomic mass is 10.1. The van der Waals surface area contributed by atoms with Crippen molar-refractivity contribution in [3.63, 3.8) is 0 Å². The Morgan fingerprint density at radius 1 is 1.39 bits per heavy atom. The number of nitrogens with one attached hydrogen (secondary N) is 1. The highest BCUT2D eigenvalue weighted by Gasteiger charge is 2.08. The van der Waals surface area contributed by atoms with Crippen LogP contribution in [0.25, 0.3) is 5.57 Å². The van der Waals surface area contributed by atoms with Crippen LogP contribution in [0.5, 0.6) is 5.75 Å².